The number of hydrogen-bond donors (Lipinski definition) is 1. The van der Waals surface area contributed by atoms with Gasteiger partial charge in [0.05, 0.1) is 0 Å². The van der Waals surface area contributed by atoms with Crippen LogP contribution in [0.1, 0.15) is 33.1 Å². The van der Waals surface area contributed by atoms with Gasteiger partial charge in [-0.3, -0.25) is 0 Å². The SMILES string of the molecule is CCCC(C)(CN)CN(C)CCCN(C)C. The molecule has 0 saturated heterocycles. The van der Waals surface area contributed by atoms with Gasteiger partial charge in [-0.15, -0.1) is 0 Å². The second-order valence-corrected chi connectivity index (χ2v) is 5.66. The summed E-state index contributed by atoms with van der Waals surface area (Å²) in [5, 5.41) is 0. The standard InChI is InChI=1S/C13H31N3/c1-6-8-13(2,11-14)12-16(5)10-7-9-15(3)4/h6-12,14H2,1-5H3. The highest BCUT2D eigenvalue weighted by atomic mass is 15.1. The van der Waals surface area contributed by atoms with E-state index < -0.39 is 0 Å². The van der Waals surface area contributed by atoms with Crippen LogP contribution in [0.15, 0.2) is 0 Å². The lowest BCUT2D eigenvalue weighted by molar-refractivity contribution is 0.179. The Labute approximate surface area is 102 Å². The Bertz CT molecular complexity index is 171. The fourth-order valence-corrected chi connectivity index (χ4v) is 2.24. The summed E-state index contributed by atoms with van der Waals surface area (Å²) in [5.41, 5.74) is 6.18. The van der Waals surface area contributed by atoms with Crippen LogP contribution < -0.4 is 5.73 Å². The zero-order chi connectivity index (χ0) is 12.6. The summed E-state index contributed by atoms with van der Waals surface area (Å²) in [4.78, 5) is 4.66. The van der Waals surface area contributed by atoms with Crippen LogP contribution in [0.4, 0.5) is 0 Å². The highest BCUT2D eigenvalue weighted by Gasteiger charge is 2.22. The maximum atomic E-state index is 5.88. The van der Waals surface area contributed by atoms with Crippen molar-refractivity contribution in [2.45, 2.75) is 33.1 Å². The van der Waals surface area contributed by atoms with Gasteiger partial charge in [-0.1, -0.05) is 20.3 Å². The Morgan fingerprint density at radius 2 is 1.75 bits per heavy atom. The number of rotatable bonds is 9. The van der Waals surface area contributed by atoms with E-state index in [1.165, 1.54) is 19.3 Å². The van der Waals surface area contributed by atoms with Crippen LogP contribution in [0.2, 0.25) is 0 Å². The van der Waals surface area contributed by atoms with Gasteiger partial charge in [0.1, 0.15) is 0 Å². The van der Waals surface area contributed by atoms with Crippen molar-refractivity contribution in [2.24, 2.45) is 11.1 Å². The second kappa shape index (κ2) is 8.04. The van der Waals surface area contributed by atoms with Gasteiger partial charge < -0.3 is 15.5 Å². The third kappa shape index (κ3) is 7.20. The van der Waals surface area contributed by atoms with Crippen LogP contribution in [0.25, 0.3) is 0 Å². The van der Waals surface area contributed by atoms with Crippen LogP contribution in [-0.4, -0.2) is 57.1 Å². The smallest absolute Gasteiger partial charge is 0.00444 e. The van der Waals surface area contributed by atoms with Crippen molar-refractivity contribution in [2.75, 3.05) is 47.3 Å². The van der Waals surface area contributed by atoms with E-state index in [9.17, 15) is 0 Å². The molecule has 0 aliphatic carbocycles. The lowest BCUT2D eigenvalue weighted by Crippen LogP contribution is -2.39. The van der Waals surface area contributed by atoms with Gasteiger partial charge in [-0.05, 0) is 59.0 Å². The number of nitrogens with two attached hydrogens (primary N) is 1. The Morgan fingerprint density at radius 1 is 1.12 bits per heavy atom. The molecule has 16 heavy (non-hydrogen) atoms. The fourth-order valence-electron chi connectivity index (χ4n) is 2.24. The molecule has 0 aromatic carbocycles. The molecule has 1 atom stereocenters. The quantitative estimate of drug-likeness (QED) is 0.652. The summed E-state index contributed by atoms with van der Waals surface area (Å²) in [7, 11) is 6.46. The van der Waals surface area contributed by atoms with Gasteiger partial charge in [-0.2, -0.15) is 0 Å². The molecule has 0 aromatic rings. The van der Waals surface area contributed by atoms with Crippen LogP contribution in [-0.2, 0) is 0 Å². The van der Waals surface area contributed by atoms with Gasteiger partial charge in [0, 0.05) is 6.54 Å². The van der Waals surface area contributed by atoms with E-state index in [0.717, 1.165) is 26.2 Å². The van der Waals surface area contributed by atoms with E-state index in [0.29, 0.717) is 5.41 Å². The highest BCUT2D eigenvalue weighted by Crippen LogP contribution is 2.22. The van der Waals surface area contributed by atoms with Gasteiger partial charge in [0.15, 0.2) is 0 Å². The van der Waals surface area contributed by atoms with Crippen molar-refractivity contribution < 1.29 is 0 Å². The average molecular weight is 229 g/mol. The molecule has 1 unspecified atom stereocenters. The zero-order valence-electron chi connectivity index (χ0n) is 11.9. The Balaban J connectivity index is 3.86. The number of nitrogens with zero attached hydrogens (tertiary/aromatic N) is 2. The predicted octanol–water partition coefficient (Wildman–Crippen LogP) is 1.64. The largest absolute Gasteiger partial charge is 0.330 e. The molecule has 0 fully saturated rings. The minimum Gasteiger partial charge on any atom is -0.330 e. The molecule has 0 amide bonds. The first-order valence-electron chi connectivity index (χ1n) is 6.47. The lowest BCUT2D eigenvalue weighted by Gasteiger charge is -2.32. The normalized spacial score (nSPS) is 15.8. The maximum Gasteiger partial charge on any atom is 0.00444 e. The first kappa shape index (κ1) is 15.9. The summed E-state index contributed by atoms with van der Waals surface area (Å²) >= 11 is 0. The molecule has 0 saturated carbocycles. The van der Waals surface area contributed by atoms with Crippen LogP contribution >= 0.6 is 0 Å². The van der Waals surface area contributed by atoms with Crippen LogP contribution in [0, 0.1) is 5.41 Å². The third-order valence-corrected chi connectivity index (χ3v) is 3.14. The van der Waals surface area contributed by atoms with Crippen molar-refractivity contribution in [3.63, 3.8) is 0 Å². The molecule has 2 N–H and O–H groups in total. The molecule has 0 aromatic heterocycles. The minimum atomic E-state index is 0.293. The highest BCUT2D eigenvalue weighted by molar-refractivity contribution is 4.78. The Hall–Kier alpha value is -0.120. The summed E-state index contributed by atoms with van der Waals surface area (Å²) in [6.45, 7) is 8.78. The molecule has 3 heteroatoms. The molecule has 0 rings (SSSR count). The molecule has 0 bridgehead atoms. The van der Waals surface area contributed by atoms with Gasteiger partial charge in [-0.25, -0.2) is 0 Å². The summed E-state index contributed by atoms with van der Waals surface area (Å²) in [6.07, 6.45) is 3.68. The van der Waals surface area contributed by atoms with E-state index in [-0.39, 0.29) is 0 Å². The Morgan fingerprint density at radius 3 is 2.19 bits per heavy atom. The monoisotopic (exact) mass is 229 g/mol. The first-order valence-corrected chi connectivity index (χ1v) is 6.47. The van der Waals surface area contributed by atoms with Crippen molar-refractivity contribution in [1.29, 1.82) is 0 Å². The number of hydrogen-bond acceptors (Lipinski definition) is 3. The molecular formula is C13H31N3. The van der Waals surface area contributed by atoms with E-state index in [1.54, 1.807) is 0 Å². The summed E-state index contributed by atoms with van der Waals surface area (Å²) in [5.74, 6) is 0. The predicted molar refractivity (Wildman–Crippen MR) is 72.7 cm³/mol. The second-order valence-electron chi connectivity index (χ2n) is 5.66. The van der Waals surface area contributed by atoms with E-state index in [2.05, 4.69) is 44.8 Å². The van der Waals surface area contributed by atoms with Crippen LogP contribution in [0.3, 0.4) is 0 Å². The van der Waals surface area contributed by atoms with Gasteiger partial charge in [0.2, 0.25) is 0 Å². The van der Waals surface area contributed by atoms with Crippen molar-refractivity contribution in [3.05, 3.63) is 0 Å². The molecule has 0 spiro atoms. The summed E-state index contributed by atoms with van der Waals surface area (Å²) in [6, 6.07) is 0. The van der Waals surface area contributed by atoms with E-state index >= 15 is 0 Å². The van der Waals surface area contributed by atoms with Gasteiger partial charge >= 0.3 is 0 Å². The van der Waals surface area contributed by atoms with Crippen molar-refractivity contribution >= 4 is 0 Å². The lowest BCUT2D eigenvalue weighted by atomic mass is 9.85. The maximum absolute atomic E-state index is 5.88. The third-order valence-electron chi connectivity index (χ3n) is 3.14. The van der Waals surface area contributed by atoms with E-state index in [4.69, 9.17) is 5.73 Å². The summed E-state index contributed by atoms with van der Waals surface area (Å²) < 4.78 is 0. The molecule has 3 nitrogen and oxygen atoms in total. The fraction of sp³-hybridized carbons (Fsp3) is 1.00. The Kier molecular flexibility index (Phi) is 7.98. The average Bonchev–Trinajstić information content (AvgIpc) is 2.17. The zero-order valence-corrected chi connectivity index (χ0v) is 11.9. The van der Waals surface area contributed by atoms with Crippen molar-refractivity contribution in [1.82, 2.24) is 9.80 Å². The molecule has 0 heterocycles. The van der Waals surface area contributed by atoms with Gasteiger partial charge in [0.25, 0.3) is 0 Å². The van der Waals surface area contributed by atoms with Crippen LogP contribution in [0.5, 0.6) is 0 Å². The van der Waals surface area contributed by atoms with E-state index in [1.807, 2.05) is 0 Å². The molecule has 0 radical (unpaired) electrons. The topological polar surface area (TPSA) is 32.5 Å². The van der Waals surface area contributed by atoms with Crippen molar-refractivity contribution in [3.8, 4) is 0 Å². The molecule has 0 aliphatic heterocycles. The first-order chi connectivity index (χ1) is 7.43. The minimum absolute atomic E-state index is 0.293. The molecular weight excluding hydrogens is 198 g/mol. The molecule has 98 valence electrons. The molecule has 0 aliphatic rings.